The summed E-state index contributed by atoms with van der Waals surface area (Å²) in [6.45, 7) is 11.1. The first-order valence-corrected chi connectivity index (χ1v) is 13.0. The molecule has 0 spiro atoms. The maximum absolute atomic E-state index is 6.22. The average Bonchev–Trinajstić information content (AvgIpc) is 3.00. The van der Waals surface area contributed by atoms with Crippen molar-refractivity contribution in [1.29, 1.82) is 0 Å². The van der Waals surface area contributed by atoms with Gasteiger partial charge in [0.25, 0.3) is 0 Å². The first-order chi connectivity index (χ1) is 15.9. The minimum atomic E-state index is 0.803. The van der Waals surface area contributed by atoms with Crippen LogP contribution in [0, 0.1) is 19.8 Å². The van der Waals surface area contributed by atoms with Gasteiger partial charge in [-0.2, -0.15) is 0 Å². The topological polar surface area (TPSA) is 0 Å². The van der Waals surface area contributed by atoms with Crippen LogP contribution >= 0.6 is 11.6 Å². The molecule has 0 nitrogen and oxygen atoms in total. The molecule has 1 aliphatic rings. The summed E-state index contributed by atoms with van der Waals surface area (Å²) in [5.41, 5.74) is 10.8. The zero-order valence-corrected chi connectivity index (χ0v) is 21.8. The number of aryl methyl sites for hydroxylation is 3. The van der Waals surface area contributed by atoms with Crippen molar-refractivity contribution in [3.63, 3.8) is 0 Å². The number of benzene rings is 3. The van der Waals surface area contributed by atoms with E-state index in [9.17, 15) is 0 Å². The van der Waals surface area contributed by atoms with Crippen molar-refractivity contribution in [2.75, 3.05) is 0 Å². The summed E-state index contributed by atoms with van der Waals surface area (Å²) in [4.78, 5) is 0. The summed E-state index contributed by atoms with van der Waals surface area (Å²) in [7, 11) is 0. The number of hydrogen-bond acceptors (Lipinski definition) is 0. The monoisotopic (exact) mass is 458 g/mol. The third-order valence-electron chi connectivity index (χ3n) is 6.79. The molecule has 174 valence electrons. The lowest BCUT2D eigenvalue weighted by Gasteiger charge is -2.18. The Morgan fingerprint density at radius 1 is 0.848 bits per heavy atom. The summed E-state index contributed by atoms with van der Waals surface area (Å²) < 4.78 is 0. The van der Waals surface area contributed by atoms with Crippen molar-refractivity contribution < 1.29 is 0 Å². The van der Waals surface area contributed by atoms with Gasteiger partial charge in [-0.1, -0.05) is 112 Å². The Hall–Kier alpha value is -2.31. The number of allylic oxidation sites excluding steroid dienone is 1. The summed E-state index contributed by atoms with van der Waals surface area (Å²) in [6, 6.07) is 24.1. The van der Waals surface area contributed by atoms with Crippen LogP contribution in [0.2, 0.25) is 5.02 Å². The van der Waals surface area contributed by atoms with Gasteiger partial charge in [-0.3, -0.25) is 0 Å². The van der Waals surface area contributed by atoms with E-state index in [1.165, 1.54) is 70.2 Å². The van der Waals surface area contributed by atoms with Gasteiger partial charge >= 0.3 is 0 Å². The van der Waals surface area contributed by atoms with Crippen LogP contribution in [0.4, 0.5) is 0 Å². The molecule has 1 heteroatoms. The van der Waals surface area contributed by atoms with Gasteiger partial charge < -0.3 is 0 Å². The first kappa shape index (κ1) is 25.3. The minimum absolute atomic E-state index is 0.803. The van der Waals surface area contributed by atoms with E-state index in [-0.39, 0.29) is 0 Å². The highest BCUT2D eigenvalue weighted by molar-refractivity contribution is 6.30. The van der Waals surface area contributed by atoms with Crippen LogP contribution < -0.4 is 0 Å². The quantitative estimate of drug-likeness (QED) is 0.356. The minimum Gasteiger partial charge on any atom is -0.0843 e. The largest absolute Gasteiger partial charge is 0.0843 e. The van der Waals surface area contributed by atoms with E-state index in [2.05, 4.69) is 95.3 Å². The molecule has 1 atom stereocenters. The molecule has 0 N–H and O–H groups in total. The number of hydrogen-bond donors (Lipinski definition) is 0. The Morgan fingerprint density at radius 3 is 2.21 bits per heavy atom. The van der Waals surface area contributed by atoms with Crippen LogP contribution in [0.3, 0.4) is 0 Å². The molecule has 33 heavy (non-hydrogen) atoms. The molecule has 0 aliphatic heterocycles. The van der Waals surface area contributed by atoms with Gasteiger partial charge in [0.2, 0.25) is 0 Å². The number of rotatable bonds is 5. The molecule has 1 aliphatic carbocycles. The summed E-state index contributed by atoms with van der Waals surface area (Å²) in [5, 5.41) is 0.803. The van der Waals surface area contributed by atoms with E-state index < -0.39 is 0 Å². The highest BCUT2D eigenvalue weighted by atomic mass is 35.5. The van der Waals surface area contributed by atoms with Gasteiger partial charge in [-0.25, -0.2) is 0 Å². The van der Waals surface area contributed by atoms with Crippen LogP contribution in [0.1, 0.15) is 86.3 Å². The normalized spacial score (nSPS) is 14.1. The fraction of sp³-hybridized carbons (Fsp3) is 0.375. The molecular weight excluding hydrogens is 420 g/mol. The molecule has 0 saturated carbocycles. The van der Waals surface area contributed by atoms with Gasteiger partial charge in [-0.05, 0) is 90.1 Å². The van der Waals surface area contributed by atoms with Crippen molar-refractivity contribution >= 4 is 22.7 Å². The summed E-state index contributed by atoms with van der Waals surface area (Å²) >= 11 is 6.22. The fourth-order valence-corrected chi connectivity index (χ4v) is 4.93. The van der Waals surface area contributed by atoms with Gasteiger partial charge in [0, 0.05) is 5.02 Å². The van der Waals surface area contributed by atoms with Crippen LogP contribution in [0.15, 0.2) is 66.7 Å². The predicted molar refractivity (Wildman–Crippen MR) is 147 cm³/mol. The van der Waals surface area contributed by atoms with E-state index in [4.69, 9.17) is 11.6 Å². The van der Waals surface area contributed by atoms with E-state index in [0.717, 1.165) is 23.8 Å². The molecule has 1 unspecified atom stereocenters. The van der Waals surface area contributed by atoms with Crippen LogP contribution in [-0.2, 0) is 6.42 Å². The zero-order valence-electron chi connectivity index (χ0n) is 21.0. The molecule has 0 bridgehead atoms. The van der Waals surface area contributed by atoms with E-state index in [1.807, 2.05) is 6.07 Å². The molecule has 0 radical (unpaired) electrons. The second kappa shape index (κ2) is 12.2. The fourth-order valence-electron chi connectivity index (χ4n) is 4.71. The molecular formula is C32H39Cl. The van der Waals surface area contributed by atoms with Crippen molar-refractivity contribution in [3.05, 3.63) is 105 Å². The lowest BCUT2D eigenvalue weighted by Crippen LogP contribution is -1.97. The number of halogens is 1. The third-order valence-corrected chi connectivity index (χ3v) is 7.03. The van der Waals surface area contributed by atoms with E-state index >= 15 is 0 Å². The Balaban J connectivity index is 0.000000383. The summed E-state index contributed by atoms with van der Waals surface area (Å²) in [5.74, 6) is 0.949. The Kier molecular flexibility index (Phi) is 9.39. The van der Waals surface area contributed by atoms with Crippen molar-refractivity contribution in [2.24, 2.45) is 5.92 Å². The highest BCUT2D eigenvalue weighted by Crippen LogP contribution is 2.40. The zero-order chi connectivity index (χ0) is 23.8. The van der Waals surface area contributed by atoms with Crippen molar-refractivity contribution in [1.82, 2.24) is 0 Å². The lowest BCUT2D eigenvalue weighted by atomic mass is 9.86. The van der Waals surface area contributed by atoms with Gasteiger partial charge in [0.15, 0.2) is 0 Å². The highest BCUT2D eigenvalue weighted by Gasteiger charge is 2.20. The second-order valence-corrected chi connectivity index (χ2v) is 9.93. The molecule has 0 heterocycles. The van der Waals surface area contributed by atoms with E-state index in [1.54, 1.807) is 0 Å². The van der Waals surface area contributed by atoms with Gasteiger partial charge in [-0.15, -0.1) is 0 Å². The molecule has 0 aromatic heterocycles. The third kappa shape index (κ3) is 6.61. The lowest BCUT2D eigenvalue weighted by molar-refractivity contribution is 0.509. The Morgan fingerprint density at radius 2 is 1.58 bits per heavy atom. The van der Waals surface area contributed by atoms with Crippen LogP contribution in [0.5, 0.6) is 0 Å². The molecule has 0 amide bonds. The van der Waals surface area contributed by atoms with Gasteiger partial charge in [0.1, 0.15) is 0 Å². The van der Waals surface area contributed by atoms with Crippen molar-refractivity contribution in [3.8, 4) is 0 Å². The van der Waals surface area contributed by atoms with Crippen LogP contribution in [-0.4, -0.2) is 0 Å². The predicted octanol–water partition coefficient (Wildman–Crippen LogP) is 10.1. The molecule has 0 saturated heterocycles. The average molecular weight is 459 g/mol. The smallest absolute Gasteiger partial charge is 0.0409 e. The Bertz CT molecular complexity index is 1070. The standard InChI is InChI=1S/C25H23Cl.C7H16/c1-17-10-12-20(13-11-17)25-23-8-4-3-6-19(23)7-5-9-24(25)22-15-14-21(26)16-18(22)2;1-4-6-7(3)5-2/h3-4,6,8,10-16H,5,7,9H2,1-2H3;7H,4-6H2,1-3H3. The molecule has 3 aromatic carbocycles. The molecule has 0 fully saturated rings. The Labute approximate surface area is 206 Å². The number of fused-ring (bicyclic) bond motifs is 1. The molecule has 4 rings (SSSR count). The van der Waals surface area contributed by atoms with Crippen LogP contribution in [0.25, 0.3) is 11.1 Å². The molecule has 3 aromatic rings. The first-order valence-electron chi connectivity index (χ1n) is 12.6. The summed E-state index contributed by atoms with van der Waals surface area (Å²) in [6.07, 6.45) is 7.46. The maximum atomic E-state index is 6.22. The van der Waals surface area contributed by atoms with E-state index in [0.29, 0.717) is 0 Å². The van der Waals surface area contributed by atoms with Gasteiger partial charge in [0.05, 0.1) is 0 Å². The SMILES string of the molecule is CCCC(C)CC.Cc1ccc(C2=C(c3ccc(Cl)cc3C)CCCc3ccccc32)cc1. The van der Waals surface area contributed by atoms with Crippen molar-refractivity contribution in [2.45, 2.75) is 73.1 Å². The maximum Gasteiger partial charge on any atom is 0.0409 e. The second-order valence-electron chi connectivity index (χ2n) is 9.49.